The Kier molecular flexibility index (Phi) is 5.63. The number of allylic oxidation sites excluding steroid dienone is 1. The lowest BCUT2D eigenvalue weighted by Crippen LogP contribution is -2.46. The largest absolute Gasteiger partial charge is 0.377 e. The van der Waals surface area contributed by atoms with Gasteiger partial charge in [0.25, 0.3) is 0 Å². The number of benzene rings is 2. The Labute approximate surface area is 165 Å². The van der Waals surface area contributed by atoms with Crippen LogP contribution in [0.5, 0.6) is 0 Å². The minimum atomic E-state index is 0.0373. The zero-order valence-electron chi connectivity index (χ0n) is 17.8. The highest BCUT2D eigenvalue weighted by molar-refractivity contribution is 5.80. The molecular formula is C26H34O. The summed E-state index contributed by atoms with van der Waals surface area (Å²) in [5, 5.41) is 0. The molecule has 144 valence electrons. The van der Waals surface area contributed by atoms with E-state index in [0.29, 0.717) is 0 Å². The molecular weight excluding hydrogens is 328 g/mol. The molecule has 0 saturated carbocycles. The van der Waals surface area contributed by atoms with Crippen LogP contribution in [-0.4, -0.2) is 12.7 Å². The van der Waals surface area contributed by atoms with Gasteiger partial charge >= 0.3 is 0 Å². The molecule has 1 atom stereocenters. The first-order valence-corrected chi connectivity index (χ1v) is 10.3. The molecule has 0 radical (unpaired) electrons. The Morgan fingerprint density at radius 3 is 2.41 bits per heavy atom. The van der Waals surface area contributed by atoms with Crippen molar-refractivity contribution in [2.24, 2.45) is 0 Å². The van der Waals surface area contributed by atoms with Gasteiger partial charge < -0.3 is 4.74 Å². The first-order valence-electron chi connectivity index (χ1n) is 10.3. The molecule has 0 saturated heterocycles. The molecule has 0 aliphatic heterocycles. The van der Waals surface area contributed by atoms with E-state index in [0.717, 1.165) is 19.4 Å². The molecule has 1 heteroatoms. The van der Waals surface area contributed by atoms with Crippen molar-refractivity contribution in [3.05, 3.63) is 70.8 Å². The van der Waals surface area contributed by atoms with Gasteiger partial charge in [0.15, 0.2) is 0 Å². The molecule has 0 heterocycles. The summed E-state index contributed by atoms with van der Waals surface area (Å²) in [6, 6.07) is 17.6. The maximum absolute atomic E-state index is 6.29. The van der Waals surface area contributed by atoms with Crippen LogP contribution in [0.4, 0.5) is 0 Å². The predicted molar refractivity (Wildman–Crippen MR) is 117 cm³/mol. The minimum Gasteiger partial charge on any atom is -0.377 e. The summed E-state index contributed by atoms with van der Waals surface area (Å²) in [5.74, 6) is 0. The van der Waals surface area contributed by atoms with Crippen LogP contribution in [0.25, 0.3) is 11.6 Å². The quantitative estimate of drug-likeness (QED) is 0.520. The van der Waals surface area contributed by atoms with Crippen molar-refractivity contribution < 1.29 is 4.74 Å². The minimum absolute atomic E-state index is 0.0373. The monoisotopic (exact) mass is 362 g/mol. The Morgan fingerprint density at radius 2 is 1.74 bits per heavy atom. The van der Waals surface area contributed by atoms with Gasteiger partial charge in [0.2, 0.25) is 0 Å². The summed E-state index contributed by atoms with van der Waals surface area (Å²) >= 11 is 0. The molecule has 1 nitrogen and oxygen atoms in total. The summed E-state index contributed by atoms with van der Waals surface area (Å²) in [6.07, 6.45) is 4.68. The lowest BCUT2D eigenvalue weighted by Gasteiger charge is -2.47. The van der Waals surface area contributed by atoms with Gasteiger partial charge in [0, 0.05) is 12.0 Å². The van der Waals surface area contributed by atoms with Crippen molar-refractivity contribution in [1.82, 2.24) is 0 Å². The Balaban J connectivity index is 2.00. The van der Waals surface area contributed by atoms with E-state index in [9.17, 15) is 0 Å². The lowest BCUT2D eigenvalue weighted by molar-refractivity contribution is -0.0185. The normalized spacial score (nSPS) is 21.0. The van der Waals surface area contributed by atoms with Crippen LogP contribution in [0.15, 0.2) is 48.5 Å². The highest BCUT2D eigenvalue weighted by atomic mass is 16.5. The average Bonchev–Trinajstić information content (AvgIpc) is 2.64. The van der Waals surface area contributed by atoms with Crippen LogP contribution in [-0.2, 0) is 15.6 Å². The third-order valence-electron chi connectivity index (χ3n) is 6.10. The smallest absolute Gasteiger partial charge is 0.0674 e. The van der Waals surface area contributed by atoms with Gasteiger partial charge in [-0.25, -0.2) is 0 Å². The molecule has 3 rings (SSSR count). The fourth-order valence-corrected chi connectivity index (χ4v) is 4.32. The molecule has 2 aromatic carbocycles. The van der Waals surface area contributed by atoms with Crippen molar-refractivity contribution in [1.29, 1.82) is 0 Å². The van der Waals surface area contributed by atoms with Gasteiger partial charge in [0.05, 0.1) is 6.10 Å². The van der Waals surface area contributed by atoms with E-state index in [1.54, 1.807) is 0 Å². The summed E-state index contributed by atoms with van der Waals surface area (Å²) in [5.41, 5.74) is 6.94. The lowest BCUT2D eigenvalue weighted by atomic mass is 9.61. The van der Waals surface area contributed by atoms with Crippen molar-refractivity contribution in [2.75, 3.05) is 6.61 Å². The fourth-order valence-electron chi connectivity index (χ4n) is 4.32. The molecule has 1 aliphatic carbocycles. The van der Waals surface area contributed by atoms with Crippen molar-refractivity contribution in [3.63, 3.8) is 0 Å². The Bertz CT molecular complexity index is 811. The number of ether oxygens (including phenoxy) is 1. The average molecular weight is 363 g/mol. The van der Waals surface area contributed by atoms with Gasteiger partial charge in [-0.05, 0) is 53.0 Å². The van der Waals surface area contributed by atoms with E-state index < -0.39 is 0 Å². The van der Waals surface area contributed by atoms with Gasteiger partial charge in [0.1, 0.15) is 0 Å². The second-order valence-electron chi connectivity index (χ2n) is 9.17. The van der Waals surface area contributed by atoms with E-state index >= 15 is 0 Å². The number of hydrogen-bond acceptors (Lipinski definition) is 1. The van der Waals surface area contributed by atoms with Crippen LogP contribution in [0.1, 0.15) is 76.6 Å². The third-order valence-corrected chi connectivity index (χ3v) is 6.10. The van der Waals surface area contributed by atoms with E-state index in [-0.39, 0.29) is 16.9 Å². The van der Waals surface area contributed by atoms with Gasteiger partial charge in [-0.1, -0.05) is 89.2 Å². The molecule has 1 aliphatic rings. The van der Waals surface area contributed by atoms with Crippen LogP contribution >= 0.6 is 0 Å². The second-order valence-corrected chi connectivity index (χ2v) is 9.17. The number of hydrogen-bond donors (Lipinski definition) is 0. The molecule has 0 aromatic heterocycles. The maximum atomic E-state index is 6.29. The molecule has 0 fully saturated rings. The van der Waals surface area contributed by atoms with E-state index in [1.165, 1.54) is 27.8 Å². The Morgan fingerprint density at radius 1 is 1.04 bits per heavy atom. The van der Waals surface area contributed by atoms with Gasteiger partial charge in [-0.2, -0.15) is 0 Å². The fraction of sp³-hybridized carbons (Fsp3) is 0.462. The highest BCUT2D eigenvalue weighted by Gasteiger charge is 2.44. The zero-order chi connectivity index (χ0) is 19.7. The third kappa shape index (κ3) is 4.04. The van der Waals surface area contributed by atoms with Crippen LogP contribution in [0.3, 0.4) is 0 Å². The van der Waals surface area contributed by atoms with Crippen LogP contribution < -0.4 is 0 Å². The molecule has 0 spiro atoms. The van der Waals surface area contributed by atoms with Gasteiger partial charge in [-0.3, -0.25) is 0 Å². The number of fused-ring (bicyclic) bond motifs is 1. The maximum Gasteiger partial charge on any atom is 0.0674 e. The summed E-state index contributed by atoms with van der Waals surface area (Å²) in [7, 11) is 0. The van der Waals surface area contributed by atoms with E-state index in [2.05, 4.69) is 96.1 Å². The van der Waals surface area contributed by atoms with Gasteiger partial charge in [-0.15, -0.1) is 0 Å². The standard InChI is InChI=1S/C26H34O/c1-7-15-27-24-18-25(3,4)23-17-21(13-14-22(23)26(24,5)6)19(2)16-20-11-9-8-10-12-20/h8-14,16-17,24H,7,15,18H2,1-6H3. The first-order chi connectivity index (χ1) is 12.8. The van der Waals surface area contributed by atoms with Crippen molar-refractivity contribution in [3.8, 4) is 0 Å². The van der Waals surface area contributed by atoms with Crippen LogP contribution in [0, 0.1) is 0 Å². The van der Waals surface area contributed by atoms with Crippen molar-refractivity contribution >= 4 is 11.6 Å². The second kappa shape index (κ2) is 7.64. The zero-order valence-corrected chi connectivity index (χ0v) is 17.8. The number of rotatable bonds is 5. The predicted octanol–water partition coefficient (Wildman–Crippen LogP) is 7.00. The molecule has 1 unspecified atom stereocenters. The summed E-state index contributed by atoms with van der Waals surface area (Å²) in [4.78, 5) is 0. The first kappa shape index (κ1) is 19.9. The highest BCUT2D eigenvalue weighted by Crippen LogP contribution is 2.47. The molecule has 0 N–H and O–H groups in total. The van der Waals surface area contributed by atoms with E-state index in [1.807, 2.05) is 0 Å². The van der Waals surface area contributed by atoms with E-state index in [4.69, 9.17) is 4.74 Å². The molecule has 0 bridgehead atoms. The SMILES string of the molecule is CCCOC1CC(C)(C)c2cc(C(C)=Cc3ccccc3)ccc2C1(C)C. The topological polar surface area (TPSA) is 9.23 Å². The molecule has 0 amide bonds. The van der Waals surface area contributed by atoms with Crippen LogP contribution in [0.2, 0.25) is 0 Å². The van der Waals surface area contributed by atoms with Crippen molar-refractivity contribution in [2.45, 2.75) is 71.3 Å². The summed E-state index contributed by atoms with van der Waals surface area (Å²) < 4.78 is 6.29. The summed E-state index contributed by atoms with van der Waals surface area (Å²) in [6.45, 7) is 14.6. The Hall–Kier alpha value is -1.86. The molecule has 27 heavy (non-hydrogen) atoms. The molecule has 2 aromatic rings.